The van der Waals surface area contributed by atoms with Gasteiger partial charge in [0.1, 0.15) is 11.4 Å². The van der Waals surface area contributed by atoms with Gasteiger partial charge in [-0.2, -0.15) is 0 Å². The lowest BCUT2D eigenvalue weighted by molar-refractivity contribution is -0.136. The fourth-order valence-corrected chi connectivity index (χ4v) is 3.61. The number of ether oxygens (including phenoxy) is 4. The van der Waals surface area contributed by atoms with E-state index in [0.717, 1.165) is 0 Å². The minimum absolute atomic E-state index is 0.125. The van der Waals surface area contributed by atoms with Crippen molar-refractivity contribution >= 4 is 34.7 Å². The maximum Gasteiger partial charge on any atom is 0.278 e. The number of amides is 2. The van der Waals surface area contributed by atoms with Crippen LogP contribution in [0, 0.1) is 0 Å². The van der Waals surface area contributed by atoms with Gasteiger partial charge in [-0.3, -0.25) is 14.5 Å². The Morgan fingerprint density at radius 2 is 1.56 bits per heavy atom. The normalized spacial score (nSPS) is 13.6. The third-order valence-electron chi connectivity index (χ3n) is 4.99. The second kappa shape index (κ2) is 10.4. The molecule has 0 saturated heterocycles. The number of methoxy groups -OCH3 is 4. The smallest absolute Gasteiger partial charge is 0.278 e. The molecule has 9 heteroatoms. The molecular weight excluding hydrogens is 436 g/mol. The highest BCUT2D eigenvalue weighted by Gasteiger charge is 2.39. The molecule has 0 atom stereocenters. The number of anilines is 1. The van der Waals surface area contributed by atoms with Gasteiger partial charge in [-0.15, -0.1) is 0 Å². The molecule has 0 spiro atoms. The zero-order valence-corrected chi connectivity index (χ0v) is 19.1. The molecule has 1 heterocycles. The van der Waals surface area contributed by atoms with Gasteiger partial charge in [-0.25, -0.2) is 0 Å². The van der Waals surface area contributed by atoms with Gasteiger partial charge < -0.3 is 24.3 Å². The van der Waals surface area contributed by atoms with Gasteiger partial charge in [-0.05, 0) is 42.3 Å². The predicted octanol–water partition coefficient (Wildman–Crippen LogP) is 3.59. The average molecular weight is 461 g/mol. The lowest BCUT2D eigenvalue weighted by Gasteiger charge is -2.15. The summed E-state index contributed by atoms with van der Waals surface area (Å²) in [5.74, 6) is 0.568. The van der Waals surface area contributed by atoms with Crippen LogP contribution in [-0.2, 0) is 14.3 Å². The number of hydrogen-bond acceptors (Lipinski definition) is 7. The van der Waals surface area contributed by atoms with Crippen molar-refractivity contribution in [2.75, 3.05) is 46.9 Å². The van der Waals surface area contributed by atoms with Crippen LogP contribution in [-0.4, -0.2) is 58.3 Å². The molecule has 32 heavy (non-hydrogen) atoms. The summed E-state index contributed by atoms with van der Waals surface area (Å²) in [6.07, 6.45) is 0.515. The van der Waals surface area contributed by atoms with Crippen molar-refractivity contribution in [3.05, 3.63) is 52.7 Å². The Hall–Kier alpha value is -3.23. The summed E-state index contributed by atoms with van der Waals surface area (Å²) in [5.41, 5.74) is 1.32. The fraction of sp³-hybridized carbons (Fsp3) is 0.304. The predicted molar refractivity (Wildman–Crippen MR) is 121 cm³/mol. The molecule has 3 rings (SSSR count). The standard InChI is InChI=1S/C23H25ClN2O6/c1-29-11-5-10-26-22(27)20(14-6-8-18(31-3)19(12-14)32-4)21(23(26)28)25-16-13-15(24)7-9-17(16)30-2/h6-9,12-13,25H,5,10-11H2,1-4H3. The SMILES string of the molecule is COCCCN1C(=O)C(Nc2cc(Cl)ccc2OC)=C(c2ccc(OC)c(OC)c2)C1=O. The van der Waals surface area contributed by atoms with E-state index in [0.29, 0.717) is 46.5 Å². The Balaban J connectivity index is 2.10. The van der Waals surface area contributed by atoms with Crippen LogP contribution < -0.4 is 19.5 Å². The van der Waals surface area contributed by atoms with Crippen molar-refractivity contribution in [2.24, 2.45) is 0 Å². The van der Waals surface area contributed by atoms with Crippen LogP contribution in [0.25, 0.3) is 5.57 Å². The van der Waals surface area contributed by atoms with E-state index >= 15 is 0 Å². The van der Waals surface area contributed by atoms with Crippen molar-refractivity contribution in [1.29, 1.82) is 0 Å². The highest BCUT2D eigenvalue weighted by molar-refractivity contribution is 6.36. The Labute approximate surface area is 191 Å². The van der Waals surface area contributed by atoms with Gasteiger partial charge in [-0.1, -0.05) is 17.7 Å². The molecular formula is C23H25ClN2O6. The Morgan fingerprint density at radius 3 is 2.22 bits per heavy atom. The number of halogens is 1. The lowest BCUT2D eigenvalue weighted by Crippen LogP contribution is -2.33. The topological polar surface area (TPSA) is 86.3 Å². The van der Waals surface area contributed by atoms with Crippen LogP contribution in [0.3, 0.4) is 0 Å². The summed E-state index contributed by atoms with van der Waals surface area (Å²) in [4.78, 5) is 27.8. The number of hydrogen-bond donors (Lipinski definition) is 1. The van der Waals surface area contributed by atoms with E-state index in [1.54, 1.807) is 43.5 Å². The molecule has 2 aromatic carbocycles. The minimum Gasteiger partial charge on any atom is -0.495 e. The maximum absolute atomic E-state index is 13.3. The lowest BCUT2D eigenvalue weighted by atomic mass is 10.0. The minimum atomic E-state index is -0.446. The van der Waals surface area contributed by atoms with Gasteiger partial charge in [0.2, 0.25) is 0 Å². The zero-order valence-electron chi connectivity index (χ0n) is 18.4. The summed E-state index contributed by atoms with van der Waals surface area (Å²) in [5, 5.41) is 3.53. The first kappa shape index (κ1) is 23.4. The molecule has 2 aromatic rings. The number of imide groups is 1. The molecule has 0 bridgehead atoms. The molecule has 1 aliphatic heterocycles. The second-order valence-corrected chi connectivity index (χ2v) is 7.33. The van der Waals surface area contributed by atoms with Gasteiger partial charge in [0.15, 0.2) is 11.5 Å². The quantitative estimate of drug-likeness (QED) is 0.428. The Bertz CT molecular complexity index is 1050. The molecule has 0 aromatic heterocycles. The average Bonchev–Trinajstić information content (AvgIpc) is 3.03. The maximum atomic E-state index is 13.3. The Kier molecular flexibility index (Phi) is 7.61. The molecule has 8 nitrogen and oxygen atoms in total. The highest BCUT2D eigenvalue weighted by atomic mass is 35.5. The summed E-state index contributed by atoms with van der Waals surface area (Å²) in [6, 6.07) is 10.0. The third kappa shape index (κ3) is 4.66. The van der Waals surface area contributed by atoms with E-state index in [2.05, 4.69) is 5.32 Å². The first-order valence-corrected chi connectivity index (χ1v) is 10.2. The summed E-state index contributed by atoms with van der Waals surface area (Å²) in [7, 11) is 6.11. The van der Waals surface area contributed by atoms with Gasteiger partial charge in [0.05, 0.1) is 32.6 Å². The van der Waals surface area contributed by atoms with Crippen molar-refractivity contribution in [1.82, 2.24) is 4.90 Å². The monoisotopic (exact) mass is 460 g/mol. The number of carbonyl (C=O) groups excluding carboxylic acids is 2. The molecule has 0 aliphatic carbocycles. The van der Waals surface area contributed by atoms with Crippen molar-refractivity contribution < 1.29 is 28.5 Å². The zero-order chi connectivity index (χ0) is 23.3. The van der Waals surface area contributed by atoms with Gasteiger partial charge in [0.25, 0.3) is 11.8 Å². The van der Waals surface area contributed by atoms with Crippen molar-refractivity contribution in [3.63, 3.8) is 0 Å². The first-order chi connectivity index (χ1) is 15.4. The number of nitrogens with one attached hydrogen (secondary N) is 1. The molecule has 1 N–H and O–H groups in total. The van der Waals surface area contributed by atoms with Crippen LogP contribution in [0.5, 0.6) is 17.2 Å². The molecule has 0 fully saturated rings. The summed E-state index contributed by atoms with van der Waals surface area (Å²) in [6.45, 7) is 0.647. The van der Waals surface area contributed by atoms with Crippen molar-refractivity contribution in [2.45, 2.75) is 6.42 Å². The highest BCUT2D eigenvalue weighted by Crippen LogP contribution is 2.37. The molecule has 0 saturated carbocycles. The number of benzene rings is 2. The number of carbonyl (C=O) groups is 2. The fourth-order valence-electron chi connectivity index (χ4n) is 3.43. The van der Waals surface area contributed by atoms with E-state index in [4.69, 9.17) is 30.5 Å². The Morgan fingerprint density at radius 1 is 0.875 bits per heavy atom. The van der Waals surface area contributed by atoms with E-state index < -0.39 is 11.8 Å². The third-order valence-corrected chi connectivity index (χ3v) is 5.23. The molecule has 170 valence electrons. The molecule has 0 radical (unpaired) electrons. The van der Waals surface area contributed by atoms with E-state index in [1.165, 1.54) is 26.2 Å². The second-order valence-electron chi connectivity index (χ2n) is 6.90. The van der Waals surface area contributed by atoms with Crippen LogP contribution >= 0.6 is 11.6 Å². The first-order valence-electron chi connectivity index (χ1n) is 9.87. The summed E-state index contributed by atoms with van der Waals surface area (Å²) >= 11 is 6.15. The largest absolute Gasteiger partial charge is 0.495 e. The van der Waals surface area contributed by atoms with E-state index in [-0.39, 0.29) is 17.8 Å². The van der Waals surface area contributed by atoms with Crippen LogP contribution in [0.4, 0.5) is 5.69 Å². The van der Waals surface area contributed by atoms with Crippen LogP contribution in [0.1, 0.15) is 12.0 Å². The molecule has 1 aliphatic rings. The van der Waals surface area contributed by atoms with E-state index in [9.17, 15) is 9.59 Å². The summed E-state index contributed by atoms with van der Waals surface area (Å²) < 4.78 is 21.1. The molecule has 2 amide bonds. The van der Waals surface area contributed by atoms with Crippen molar-refractivity contribution in [3.8, 4) is 17.2 Å². The number of rotatable bonds is 10. The molecule has 0 unspecified atom stereocenters. The van der Waals surface area contributed by atoms with Gasteiger partial charge >= 0.3 is 0 Å². The number of nitrogens with zero attached hydrogens (tertiary/aromatic N) is 1. The van der Waals surface area contributed by atoms with Crippen LogP contribution in [0.2, 0.25) is 5.02 Å². The van der Waals surface area contributed by atoms with E-state index in [1.807, 2.05) is 0 Å². The van der Waals surface area contributed by atoms with Crippen LogP contribution in [0.15, 0.2) is 42.1 Å². The van der Waals surface area contributed by atoms with Gasteiger partial charge in [0, 0.05) is 25.3 Å².